The van der Waals surface area contributed by atoms with Gasteiger partial charge in [0.1, 0.15) is 5.78 Å². The zero-order valence-electron chi connectivity index (χ0n) is 25.9. The Balaban J connectivity index is 1.29. The second-order valence-electron chi connectivity index (χ2n) is 12.5. The molecule has 1 aliphatic rings. The van der Waals surface area contributed by atoms with Crippen molar-refractivity contribution in [1.29, 1.82) is 0 Å². The summed E-state index contributed by atoms with van der Waals surface area (Å²) in [6, 6.07) is 23.1. The number of ketones is 2. The SMILES string of the molecule is CC(C)CCc1cccc(CNC(=O)c2cccc(C(=O)CCc3cccc(CN4CC(C(=O)C(C)C)CC4=O)c3)c2)c1. The molecule has 1 unspecified atom stereocenters. The smallest absolute Gasteiger partial charge is 0.251 e. The van der Waals surface area contributed by atoms with Crippen LogP contribution in [0.1, 0.15) is 89.9 Å². The maximum absolute atomic E-state index is 13.1. The Morgan fingerprint density at radius 3 is 2.16 bits per heavy atom. The van der Waals surface area contributed by atoms with E-state index in [1.807, 2.05) is 50.2 Å². The summed E-state index contributed by atoms with van der Waals surface area (Å²) in [5.41, 5.74) is 5.31. The summed E-state index contributed by atoms with van der Waals surface area (Å²) in [4.78, 5) is 52.6. The maximum atomic E-state index is 13.1. The van der Waals surface area contributed by atoms with E-state index in [-0.39, 0.29) is 41.6 Å². The van der Waals surface area contributed by atoms with Gasteiger partial charge in [0.2, 0.25) is 5.91 Å². The number of carbonyl (C=O) groups excluding carboxylic acids is 4. The van der Waals surface area contributed by atoms with Gasteiger partial charge in [0, 0.05) is 55.4 Å². The fraction of sp³-hybridized carbons (Fsp3) is 0.405. The molecular formula is C37H44N2O4. The summed E-state index contributed by atoms with van der Waals surface area (Å²) in [7, 11) is 0. The number of amides is 2. The van der Waals surface area contributed by atoms with Gasteiger partial charge in [-0.2, -0.15) is 0 Å². The fourth-order valence-electron chi connectivity index (χ4n) is 5.56. The molecule has 0 radical (unpaired) electrons. The Hall–Kier alpha value is -4.06. The number of hydrogen-bond acceptors (Lipinski definition) is 4. The largest absolute Gasteiger partial charge is 0.348 e. The lowest BCUT2D eigenvalue weighted by molar-refractivity contribution is -0.129. The Morgan fingerprint density at radius 2 is 1.44 bits per heavy atom. The Labute approximate surface area is 255 Å². The maximum Gasteiger partial charge on any atom is 0.251 e. The summed E-state index contributed by atoms with van der Waals surface area (Å²) >= 11 is 0. The van der Waals surface area contributed by atoms with Crippen LogP contribution in [0.4, 0.5) is 0 Å². The van der Waals surface area contributed by atoms with Crippen molar-refractivity contribution in [3.8, 4) is 0 Å². The van der Waals surface area contributed by atoms with Crippen LogP contribution in [0.25, 0.3) is 0 Å². The number of likely N-dealkylation sites (tertiary alicyclic amines) is 1. The molecule has 3 aromatic carbocycles. The third-order valence-electron chi connectivity index (χ3n) is 8.09. The van der Waals surface area contributed by atoms with E-state index >= 15 is 0 Å². The van der Waals surface area contributed by atoms with E-state index in [1.165, 1.54) is 5.56 Å². The highest BCUT2D eigenvalue weighted by Crippen LogP contribution is 2.24. The average molecular weight is 581 g/mol. The van der Waals surface area contributed by atoms with Gasteiger partial charge in [0.25, 0.3) is 5.91 Å². The molecule has 1 atom stereocenters. The van der Waals surface area contributed by atoms with E-state index < -0.39 is 0 Å². The number of rotatable bonds is 14. The lowest BCUT2D eigenvalue weighted by Crippen LogP contribution is -2.27. The first-order valence-electron chi connectivity index (χ1n) is 15.5. The Kier molecular flexibility index (Phi) is 11.0. The molecule has 226 valence electrons. The predicted molar refractivity (Wildman–Crippen MR) is 170 cm³/mol. The van der Waals surface area contributed by atoms with Gasteiger partial charge in [-0.25, -0.2) is 0 Å². The fourth-order valence-corrected chi connectivity index (χ4v) is 5.56. The van der Waals surface area contributed by atoms with Crippen LogP contribution in [0.3, 0.4) is 0 Å². The van der Waals surface area contributed by atoms with Crippen LogP contribution >= 0.6 is 0 Å². The van der Waals surface area contributed by atoms with Crippen LogP contribution in [-0.2, 0) is 35.5 Å². The summed E-state index contributed by atoms with van der Waals surface area (Å²) in [5.74, 6) is 0.275. The first-order chi connectivity index (χ1) is 20.6. The van der Waals surface area contributed by atoms with Crippen molar-refractivity contribution < 1.29 is 19.2 Å². The highest BCUT2D eigenvalue weighted by atomic mass is 16.2. The molecule has 1 heterocycles. The van der Waals surface area contributed by atoms with Gasteiger partial charge in [-0.1, -0.05) is 88.4 Å². The average Bonchev–Trinajstić information content (AvgIpc) is 3.37. The molecule has 43 heavy (non-hydrogen) atoms. The number of carbonyl (C=O) groups is 4. The molecule has 6 nitrogen and oxygen atoms in total. The molecule has 3 aromatic rings. The number of nitrogens with zero attached hydrogens (tertiary/aromatic N) is 1. The molecular weight excluding hydrogens is 536 g/mol. The molecule has 4 rings (SSSR count). The monoisotopic (exact) mass is 580 g/mol. The lowest BCUT2D eigenvalue weighted by atomic mass is 9.95. The minimum Gasteiger partial charge on any atom is -0.348 e. The van der Waals surface area contributed by atoms with Crippen molar-refractivity contribution in [1.82, 2.24) is 10.2 Å². The van der Waals surface area contributed by atoms with Crippen LogP contribution in [0.5, 0.6) is 0 Å². The number of benzene rings is 3. The highest BCUT2D eigenvalue weighted by molar-refractivity contribution is 6.00. The summed E-state index contributed by atoms with van der Waals surface area (Å²) < 4.78 is 0. The Morgan fingerprint density at radius 1 is 0.814 bits per heavy atom. The molecule has 1 N–H and O–H groups in total. The van der Waals surface area contributed by atoms with Crippen molar-refractivity contribution in [3.05, 3.63) is 106 Å². The van der Waals surface area contributed by atoms with Gasteiger partial charge in [-0.3, -0.25) is 19.2 Å². The summed E-state index contributed by atoms with van der Waals surface area (Å²) in [6.07, 6.45) is 3.30. The zero-order valence-corrected chi connectivity index (χ0v) is 25.9. The van der Waals surface area contributed by atoms with E-state index in [0.29, 0.717) is 49.5 Å². The molecule has 1 aliphatic heterocycles. The molecule has 1 saturated heterocycles. The Bertz CT molecular complexity index is 1460. The minimum atomic E-state index is -0.225. The van der Waals surface area contributed by atoms with Crippen LogP contribution in [0.15, 0.2) is 72.8 Å². The van der Waals surface area contributed by atoms with E-state index in [2.05, 4.69) is 31.3 Å². The van der Waals surface area contributed by atoms with E-state index in [9.17, 15) is 19.2 Å². The summed E-state index contributed by atoms with van der Waals surface area (Å²) in [6.45, 7) is 9.54. The number of aryl methyl sites for hydroxylation is 2. The number of nitrogens with one attached hydrogen (secondary N) is 1. The molecule has 2 amide bonds. The topological polar surface area (TPSA) is 83.6 Å². The third kappa shape index (κ3) is 9.21. The van der Waals surface area contributed by atoms with Crippen molar-refractivity contribution >= 4 is 23.4 Å². The van der Waals surface area contributed by atoms with Crippen molar-refractivity contribution in [2.45, 2.75) is 72.9 Å². The second kappa shape index (κ2) is 14.9. The van der Waals surface area contributed by atoms with Gasteiger partial charge in [-0.05, 0) is 59.6 Å². The molecule has 0 aromatic heterocycles. The molecule has 6 heteroatoms. The summed E-state index contributed by atoms with van der Waals surface area (Å²) in [5, 5.41) is 2.99. The molecule has 0 bridgehead atoms. The van der Waals surface area contributed by atoms with Crippen molar-refractivity contribution in [2.24, 2.45) is 17.8 Å². The predicted octanol–water partition coefficient (Wildman–Crippen LogP) is 6.59. The highest BCUT2D eigenvalue weighted by Gasteiger charge is 2.34. The molecule has 0 aliphatic carbocycles. The normalized spacial score (nSPS) is 14.9. The quantitative estimate of drug-likeness (QED) is 0.218. The standard InChI is InChI=1S/C37H44N2O4/c1-25(2)14-15-27-8-5-10-29(18-27)22-38-37(43)32-13-7-12-31(20-32)34(40)17-16-28-9-6-11-30(19-28)23-39-24-33(21-35(39)41)36(42)26(3)4/h5-13,18-20,25-26,33H,14-17,21-24H2,1-4H3,(H,38,43). The molecule has 0 spiro atoms. The van der Waals surface area contributed by atoms with Gasteiger partial charge in [-0.15, -0.1) is 0 Å². The van der Waals surface area contributed by atoms with Gasteiger partial charge in [0.05, 0.1) is 0 Å². The first kappa shape index (κ1) is 31.9. The van der Waals surface area contributed by atoms with Crippen LogP contribution in [-0.4, -0.2) is 34.8 Å². The minimum absolute atomic E-state index is 0.0126. The van der Waals surface area contributed by atoms with Crippen molar-refractivity contribution in [3.63, 3.8) is 0 Å². The van der Waals surface area contributed by atoms with E-state index in [1.54, 1.807) is 29.2 Å². The van der Waals surface area contributed by atoms with Gasteiger partial charge in [0.15, 0.2) is 5.78 Å². The van der Waals surface area contributed by atoms with Crippen LogP contribution < -0.4 is 5.32 Å². The zero-order chi connectivity index (χ0) is 30.9. The molecule has 1 fully saturated rings. The molecule has 0 saturated carbocycles. The lowest BCUT2D eigenvalue weighted by Gasteiger charge is -2.17. The van der Waals surface area contributed by atoms with Gasteiger partial charge >= 0.3 is 0 Å². The van der Waals surface area contributed by atoms with Crippen molar-refractivity contribution in [2.75, 3.05) is 6.54 Å². The number of Topliss-reactive ketones (excluding diaryl/α,β-unsaturated/α-hetero) is 2. The number of hydrogen-bond donors (Lipinski definition) is 1. The van der Waals surface area contributed by atoms with Gasteiger partial charge < -0.3 is 10.2 Å². The van der Waals surface area contributed by atoms with E-state index in [4.69, 9.17) is 0 Å². The van der Waals surface area contributed by atoms with Crippen LogP contribution in [0.2, 0.25) is 0 Å². The van der Waals surface area contributed by atoms with Crippen LogP contribution in [0, 0.1) is 17.8 Å². The first-order valence-corrected chi connectivity index (χ1v) is 15.5. The van der Waals surface area contributed by atoms with E-state index in [0.717, 1.165) is 29.5 Å². The third-order valence-corrected chi connectivity index (χ3v) is 8.09. The second-order valence-corrected chi connectivity index (χ2v) is 12.5.